The van der Waals surface area contributed by atoms with Crippen molar-refractivity contribution in [1.82, 2.24) is 29.3 Å². The number of carbonyl (C=O) groups is 1. The first-order valence-electron chi connectivity index (χ1n) is 17.9. The third-order valence-electron chi connectivity index (χ3n) is 8.93. The lowest BCUT2D eigenvalue weighted by molar-refractivity contribution is 0.00696. The van der Waals surface area contributed by atoms with Crippen molar-refractivity contribution in [3.8, 4) is 28.3 Å². The molecule has 0 unspecified atom stereocenters. The molecule has 7 aromatic rings. The molecule has 0 atom stereocenters. The fourth-order valence-corrected chi connectivity index (χ4v) is 6.21. The summed E-state index contributed by atoms with van der Waals surface area (Å²) >= 11 is 0. The van der Waals surface area contributed by atoms with Gasteiger partial charge in [-0.05, 0) is 86.0 Å². The lowest BCUT2D eigenvalue weighted by Gasteiger charge is -2.19. The summed E-state index contributed by atoms with van der Waals surface area (Å²) < 4.78 is 66.9. The van der Waals surface area contributed by atoms with Gasteiger partial charge in [-0.3, -0.25) is 9.67 Å². The summed E-state index contributed by atoms with van der Waals surface area (Å²) in [6, 6.07) is 20.6. The minimum Gasteiger partial charge on any atom is -0.473 e. The molecule has 0 saturated carbocycles. The fraction of sp³-hybridized carbons (Fsp3) is 0.233. The smallest absolute Gasteiger partial charge is 0.338 e. The molecule has 0 aliphatic heterocycles. The number of aromatic nitrogens is 6. The first-order valence-corrected chi connectivity index (χ1v) is 17.9. The standard InChI is InChI=1S/C43H39F3N6O4/c1-43(2,3)56-42(53)29-12-13-38-39(19-29)52(15-16-54-4)40(49-38)20-31-18-36(46)33(21-35(31)45)37-8-5-9-41(50-37)55-26-30-11-10-28(17-34(30)44)32-23-48-51(25-32)24-27-7-6-14-47-22-27/h5-14,17-19,21-23,25H,15-16,20,24,26H2,1-4H3. The number of halogens is 3. The first-order chi connectivity index (χ1) is 26.9. The minimum atomic E-state index is -0.691. The average molecular weight is 761 g/mol. The van der Waals surface area contributed by atoms with E-state index in [-0.39, 0.29) is 35.7 Å². The molecule has 56 heavy (non-hydrogen) atoms. The summed E-state index contributed by atoms with van der Waals surface area (Å²) in [5, 5.41) is 4.38. The maximum Gasteiger partial charge on any atom is 0.338 e. The largest absolute Gasteiger partial charge is 0.473 e. The third kappa shape index (κ3) is 8.79. The highest BCUT2D eigenvalue weighted by Crippen LogP contribution is 2.29. The molecule has 0 bridgehead atoms. The topological polar surface area (TPSA) is 106 Å². The first kappa shape index (κ1) is 38.0. The quantitative estimate of drug-likeness (QED) is 0.108. The molecule has 10 nitrogen and oxygen atoms in total. The molecule has 13 heteroatoms. The molecule has 4 aromatic heterocycles. The monoisotopic (exact) mass is 760 g/mol. The molecule has 286 valence electrons. The Morgan fingerprint density at radius 3 is 2.45 bits per heavy atom. The van der Waals surface area contributed by atoms with Crippen LogP contribution >= 0.6 is 0 Å². The number of methoxy groups -OCH3 is 1. The molecule has 0 aliphatic carbocycles. The van der Waals surface area contributed by atoms with E-state index in [1.54, 1.807) is 99.7 Å². The number of carbonyl (C=O) groups excluding carboxylic acids is 1. The Morgan fingerprint density at radius 1 is 0.839 bits per heavy atom. The van der Waals surface area contributed by atoms with E-state index >= 15 is 13.2 Å². The van der Waals surface area contributed by atoms with Crippen molar-refractivity contribution in [2.75, 3.05) is 13.7 Å². The predicted octanol–water partition coefficient (Wildman–Crippen LogP) is 8.59. The van der Waals surface area contributed by atoms with E-state index in [1.807, 2.05) is 22.9 Å². The van der Waals surface area contributed by atoms with Crippen LogP contribution in [-0.4, -0.2) is 54.6 Å². The Morgan fingerprint density at radius 2 is 1.68 bits per heavy atom. The summed E-state index contributed by atoms with van der Waals surface area (Å²) in [6.07, 6.45) is 6.96. The van der Waals surface area contributed by atoms with Crippen LogP contribution in [0.2, 0.25) is 0 Å². The van der Waals surface area contributed by atoms with Gasteiger partial charge in [0.2, 0.25) is 5.88 Å². The summed E-state index contributed by atoms with van der Waals surface area (Å²) in [4.78, 5) is 26.0. The van der Waals surface area contributed by atoms with Crippen molar-refractivity contribution in [3.05, 3.63) is 149 Å². The van der Waals surface area contributed by atoms with Crippen molar-refractivity contribution < 1.29 is 32.2 Å². The lowest BCUT2D eigenvalue weighted by Crippen LogP contribution is -2.23. The van der Waals surface area contributed by atoms with E-state index in [9.17, 15) is 4.79 Å². The van der Waals surface area contributed by atoms with Gasteiger partial charge in [0, 0.05) is 61.4 Å². The number of ether oxygens (including phenoxy) is 3. The van der Waals surface area contributed by atoms with E-state index in [1.165, 1.54) is 6.07 Å². The number of hydrogen-bond acceptors (Lipinski definition) is 8. The molecular weight excluding hydrogens is 722 g/mol. The van der Waals surface area contributed by atoms with Crippen molar-refractivity contribution >= 4 is 17.0 Å². The number of esters is 1. The molecular formula is C43H39F3N6O4. The van der Waals surface area contributed by atoms with Crippen LogP contribution in [0.25, 0.3) is 33.4 Å². The van der Waals surface area contributed by atoms with Gasteiger partial charge in [0.15, 0.2) is 0 Å². The molecule has 0 spiro atoms. The Balaban J connectivity index is 1.05. The van der Waals surface area contributed by atoms with Gasteiger partial charge in [-0.25, -0.2) is 27.9 Å². The predicted molar refractivity (Wildman–Crippen MR) is 204 cm³/mol. The van der Waals surface area contributed by atoms with Crippen LogP contribution in [0, 0.1) is 17.5 Å². The Hall–Kier alpha value is -6.34. The molecule has 0 N–H and O–H groups in total. The molecule has 3 aromatic carbocycles. The van der Waals surface area contributed by atoms with Crippen LogP contribution in [0.4, 0.5) is 13.2 Å². The average Bonchev–Trinajstić information content (AvgIpc) is 3.78. The van der Waals surface area contributed by atoms with E-state index in [4.69, 9.17) is 19.2 Å². The van der Waals surface area contributed by atoms with Crippen LogP contribution in [0.5, 0.6) is 5.88 Å². The zero-order chi connectivity index (χ0) is 39.4. The van der Waals surface area contributed by atoms with E-state index in [0.717, 1.165) is 23.3 Å². The third-order valence-corrected chi connectivity index (χ3v) is 8.93. The second-order valence-electron chi connectivity index (χ2n) is 14.2. The van der Waals surface area contributed by atoms with Gasteiger partial charge < -0.3 is 18.8 Å². The lowest BCUT2D eigenvalue weighted by atomic mass is 10.0. The van der Waals surface area contributed by atoms with Gasteiger partial charge >= 0.3 is 5.97 Å². The van der Waals surface area contributed by atoms with E-state index in [0.29, 0.717) is 53.2 Å². The van der Waals surface area contributed by atoms with Crippen LogP contribution in [0.3, 0.4) is 0 Å². The van der Waals surface area contributed by atoms with Crippen molar-refractivity contribution in [1.29, 1.82) is 0 Å². The van der Waals surface area contributed by atoms with Crippen LogP contribution in [0.15, 0.2) is 104 Å². The summed E-state index contributed by atoms with van der Waals surface area (Å²) in [5.41, 5.74) is 3.76. The van der Waals surface area contributed by atoms with Crippen molar-refractivity contribution in [2.24, 2.45) is 0 Å². The minimum absolute atomic E-state index is 0.0299. The number of fused-ring (bicyclic) bond motifs is 1. The van der Waals surface area contributed by atoms with Gasteiger partial charge in [0.1, 0.15) is 35.5 Å². The highest BCUT2D eigenvalue weighted by molar-refractivity contribution is 5.94. The molecule has 0 saturated heterocycles. The molecule has 0 radical (unpaired) electrons. The maximum atomic E-state index is 15.7. The highest BCUT2D eigenvalue weighted by atomic mass is 19.1. The SMILES string of the molecule is COCCn1c(Cc2cc(F)c(-c3cccc(OCc4ccc(-c5cnn(Cc6cccnc6)c5)cc4F)n3)cc2F)nc2ccc(C(=O)OC(C)(C)C)cc21. The van der Waals surface area contributed by atoms with E-state index in [2.05, 4.69) is 15.1 Å². The number of nitrogens with zero attached hydrogens (tertiary/aromatic N) is 6. The molecule has 0 amide bonds. The summed E-state index contributed by atoms with van der Waals surface area (Å²) in [5.74, 6) is -1.71. The number of imidazole rings is 1. The van der Waals surface area contributed by atoms with Crippen LogP contribution in [-0.2, 0) is 35.6 Å². The van der Waals surface area contributed by atoms with Crippen LogP contribution < -0.4 is 4.74 Å². The number of rotatable bonds is 13. The highest BCUT2D eigenvalue weighted by Gasteiger charge is 2.21. The molecule has 7 rings (SSSR count). The Kier molecular flexibility index (Phi) is 11.0. The fourth-order valence-electron chi connectivity index (χ4n) is 6.21. The Bertz CT molecular complexity index is 2510. The number of benzene rings is 3. The summed E-state index contributed by atoms with van der Waals surface area (Å²) in [6.45, 7) is 6.46. The second kappa shape index (κ2) is 16.2. The van der Waals surface area contributed by atoms with Gasteiger partial charge in [-0.2, -0.15) is 5.10 Å². The molecule has 0 aliphatic rings. The summed E-state index contributed by atoms with van der Waals surface area (Å²) in [7, 11) is 1.56. The van der Waals surface area contributed by atoms with Crippen molar-refractivity contribution in [3.63, 3.8) is 0 Å². The second-order valence-corrected chi connectivity index (χ2v) is 14.2. The Labute approximate surface area is 321 Å². The van der Waals surface area contributed by atoms with Crippen LogP contribution in [0.1, 0.15) is 53.6 Å². The van der Waals surface area contributed by atoms with Gasteiger partial charge in [-0.15, -0.1) is 0 Å². The molecule has 0 fully saturated rings. The van der Waals surface area contributed by atoms with Gasteiger partial charge in [0.25, 0.3) is 0 Å². The molecule has 4 heterocycles. The zero-order valence-electron chi connectivity index (χ0n) is 31.3. The zero-order valence-corrected chi connectivity index (χ0v) is 31.3. The van der Waals surface area contributed by atoms with Crippen molar-refractivity contribution in [2.45, 2.75) is 52.5 Å². The van der Waals surface area contributed by atoms with E-state index < -0.39 is 29.0 Å². The maximum absolute atomic E-state index is 15.7. The number of pyridine rings is 2. The van der Waals surface area contributed by atoms with Gasteiger partial charge in [-0.1, -0.05) is 24.3 Å². The van der Waals surface area contributed by atoms with Gasteiger partial charge in [0.05, 0.1) is 41.6 Å². The normalized spacial score (nSPS) is 11.6. The number of hydrogen-bond donors (Lipinski definition) is 0.